The van der Waals surface area contributed by atoms with Gasteiger partial charge < -0.3 is 15.4 Å². The Kier molecular flexibility index (Phi) is 5.40. The first-order valence-corrected chi connectivity index (χ1v) is 9.18. The van der Waals surface area contributed by atoms with E-state index in [-0.39, 0.29) is 36.0 Å². The minimum atomic E-state index is -4.91. The van der Waals surface area contributed by atoms with Crippen molar-refractivity contribution < 1.29 is 35.9 Å². The van der Waals surface area contributed by atoms with Crippen LogP contribution in [0.2, 0.25) is 0 Å². The molecule has 4 nitrogen and oxygen atoms in total. The van der Waals surface area contributed by atoms with E-state index in [0.717, 1.165) is 0 Å². The highest BCUT2D eigenvalue weighted by atomic mass is 19.4. The minimum Gasteiger partial charge on any atom is -0.371 e. The molecule has 29 heavy (non-hydrogen) atoms. The lowest BCUT2D eigenvalue weighted by Crippen LogP contribution is -2.61. The zero-order valence-electron chi connectivity index (χ0n) is 15.9. The number of alkyl halides is 6. The smallest absolute Gasteiger partial charge is 0.371 e. The van der Waals surface area contributed by atoms with E-state index in [1.165, 1.54) is 0 Å². The number of benzene rings is 1. The fraction of sp³-hybridized carbons (Fsp3) is 0.632. The number of carbonyl (C=O) groups excluding carboxylic acids is 1. The van der Waals surface area contributed by atoms with Crippen molar-refractivity contribution in [3.63, 3.8) is 0 Å². The predicted molar refractivity (Wildman–Crippen MR) is 91.5 cm³/mol. The fourth-order valence-electron chi connectivity index (χ4n) is 4.35. The number of hydrogen-bond acceptors (Lipinski definition) is 3. The number of ether oxygens (including phenoxy) is 1. The number of nitrogens with zero attached hydrogens (tertiary/aromatic N) is 1. The third kappa shape index (κ3) is 4.37. The molecule has 0 spiro atoms. The summed E-state index contributed by atoms with van der Waals surface area (Å²) in [6, 6.07) is 1.10. The Bertz CT molecular complexity index is 758. The van der Waals surface area contributed by atoms with Gasteiger partial charge in [-0.2, -0.15) is 26.3 Å². The minimum absolute atomic E-state index is 0.0747. The fourth-order valence-corrected chi connectivity index (χ4v) is 4.35. The highest BCUT2D eigenvalue weighted by molar-refractivity contribution is 5.78. The lowest BCUT2D eigenvalue weighted by atomic mass is 9.79. The van der Waals surface area contributed by atoms with Gasteiger partial charge in [-0.05, 0) is 37.1 Å². The van der Waals surface area contributed by atoms with E-state index in [1.54, 1.807) is 4.90 Å². The average molecular weight is 424 g/mol. The SMILES string of the molecule is CC1C(OCc2cc(C(F)(F)F)cc(C(F)(F)F)c2)CN2C(=O)CCC(C)(N)C12. The number of nitrogens with two attached hydrogens (primary N) is 1. The quantitative estimate of drug-likeness (QED) is 0.748. The number of piperidine rings is 1. The van der Waals surface area contributed by atoms with Crippen LogP contribution in [0.25, 0.3) is 0 Å². The van der Waals surface area contributed by atoms with E-state index in [9.17, 15) is 31.1 Å². The van der Waals surface area contributed by atoms with Crippen LogP contribution in [0.15, 0.2) is 18.2 Å². The molecule has 0 radical (unpaired) electrons. The summed E-state index contributed by atoms with van der Waals surface area (Å²) >= 11 is 0. The number of fused-ring (bicyclic) bond motifs is 1. The first kappa shape index (κ1) is 21.9. The number of hydrogen-bond donors (Lipinski definition) is 1. The molecule has 0 aliphatic carbocycles. The van der Waals surface area contributed by atoms with E-state index in [4.69, 9.17) is 10.5 Å². The van der Waals surface area contributed by atoms with Crippen molar-refractivity contribution in [1.29, 1.82) is 0 Å². The lowest BCUT2D eigenvalue weighted by Gasteiger charge is -2.43. The molecule has 0 bridgehead atoms. The summed E-state index contributed by atoms with van der Waals surface area (Å²) in [7, 11) is 0. The van der Waals surface area contributed by atoms with Crippen LogP contribution < -0.4 is 5.73 Å². The van der Waals surface area contributed by atoms with Gasteiger partial charge in [0.25, 0.3) is 0 Å². The highest BCUT2D eigenvalue weighted by Gasteiger charge is 2.52. The van der Waals surface area contributed by atoms with Crippen LogP contribution in [0.5, 0.6) is 0 Å². The molecule has 1 amide bonds. The molecule has 2 saturated heterocycles. The molecule has 2 N–H and O–H groups in total. The first-order valence-electron chi connectivity index (χ1n) is 9.18. The Morgan fingerprint density at radius 3 is 2.17 bits per heavy atom. The monoisotopic (exact) mass is 424 g/mol. The summed E-state index contributed by atoms with van der Waals surface area (Å²) in [4.78, 5) is 13.8. The molecule has 3 rings (SSSR count). The number of amides is 1. The molecule has 10 heteroatoms. The summed E-state index contributed by atoms with van der Waals surface area (Å²) in [5, 5.41) is 0. The maximum absolute atomic E-state index is 13.0. The molecule has 162 valence electrons. The Morgan fingerprint density at radius 1 is 1.14 bits per heavy atom. The summed E-state index contributed by atoms with van der Waals surface area (Å²) in [5.74, 6) is -0.281. The average Bonchev–Trinajstić information content (AvgIpc) is 2.93. The van der Waals surface area contributed by atoms with Gasteiger partial charge in [0.05, 0.1) is 29.9 Å². The van der Waals surface area contributed by atoms with E-state index in [2.05, 4.69) is 0 Å². The zero-order valence-corrected chi connectivity index (χ0v) is 15.9. The molecule has 0 aromatic heterocycles. The topological polar surface area (TPSA) is 55.6 Å². The second-order valence-electron chi connectivity index (χ2n) is 8.12. The van der Waals surface area contributed by atoms with Gasteiger partial charge >= 0.3 is 12.4 Å². The molecule has 1 aromatic rings. The summed E-state index contributed by atoms with van der Waals surface area (Å²) in [6.07, 6.45) is -9.55. The van der Waals surface area contributed by atoms with E-state index >= 15 is 0 Å². The van der Waals surface area contributed by atoms with Crippen molar-refractivity contribution in [2.45, 2.75) is 63.3 Å². The molecule has 2 heterocycles. The van der Waals surface area contributed by atoms with Gasteiger partial charge in [-0.3, -0.25) is 4.79 Å². The van der Waals surface area contributed by atoms with Crippen LogP contribution in [0.3, 0.4) is 0 Å². The lowest BCUT2D eigenvalue weighted by molar-refractivity contribution is -0.143. The summed E-state index contributed by atoms with van der Waals surface area (Å²) in [5.41, 5.74) is 2.69. The van der Waals surface area contributed by atoms with Gasteiger partial charge in [-0.25, -0.2) is 0 Å². The van der Waals surface area contributed by atoms with E-state index in [0.29, 0.717) is 25.0 Å². The van der Waals surface area contributed by atoms with Crippen LogP contribution in [-0.4, -0.2) is 35.0 Å². The van der Waals surface area contributed by atoms with Crippen molar-refractivity contribution in [1.82, 2.24) is 4.90 Å². The largest absolute Gasteiger partial charge is 0.416 e. The molecule has 4 atom stereocenters. The molecule has 2 aliphatic heterocycles. The van der Waals surface area contributed by atoms with E-state index < -0.39 is 41.7 Å². The van der Waals surface area contributed by atoms with Crippen LogP contribution in [0, 0.1) is 5.92 Å². The molecule has 4 unspecified atom stereocenters. The Morgan fingerprint density at radius 2 is 1.69 bits per heavy atom. The molecular weight excluding hydrogens is 402 g/mol. The van der Waals surface area contributed by atoms with Crippen molar-refractivity contribution >= 4 is 5.91 Å². The van der Waals surface area contributed by atoms with E-state index in [1.807, 2.05) is 13.8 Å². The van der Waals surface area contributed by atoms with Crippen LogP contribution in [-0.2, 0) is 28.5 Å². The maximum Gasteiger partial charge on any atom is 0.416 e. The Balaban J connectivity index is 1.80. The number of halogens is 6. The third-order valence-corrected chi connectivity index (χ3v) is 5.78. The molecule has 1 aromatic carbocycles. The Labute approximate surface area is 164 Å². The van der Waals surface area contributed by atoms with Crippen molar-refractivity contribution in [3.8, 4) is 0 Å². The zero-order chi connectivity index (χ0) is 21.8. The first-order chi connectivity index (χ1) is 13.2. The second-order valence-corrected chi connectivity index (χ2v) is 8.12. The van der Waals surface area contributed by atoms with Crippen molar-refractivity contribution in [2.75, 3.05) is 6.54 Å². The summed E-state index contributed by atoms with van der Waals surface area (Å²) in [6.45, 7) is 3.44. The van der Waals surface area contributed by atoms with Crippen molar-refractivity contribution in [3.05, 3.63) is 34.9 Å². The summed E-state index contributed by atoms with van der Waals surface area (Å²) < 4.78 is 83.7. The Hall–Kier alpha value is -1.81. The standard InChI is InChI=1S/C19H22F6N2O2/c1-10-14(8-27-15(28)3-4-17(2,26)16(10)27)29-9-11-5-12(18(20,21)22)7-13(6-11)19(23,24)25/h5-7,10,14,16H,3-4,8-9,26H2,1-2H3. The van der Waals surface area contributed by atoms with Gasteiger partial charge in [0.1, 0.15) is 0 Å². The molecule has 2 fully saturated rings. The van der Waals surface area contributed by atoms with Crippen molar-refractivity contribution in [2.24, 2.45) is 11.7 Å². The maximum atomic E-state index is 13.0. The molecule has 0 saturated carbocycles. The van der Waals surface area contributed by atoms with Crippen LogP contribution in [0.4, 0.5) is 26.3 Å². The van der Waals surface area contributed by atoms with Gasteiger partial charge in [-0.15, -0.1) is 0 Å². The van der Waals surface area contributed by atoms with Gasteiger partial charge in [0, 0.05) is 24.4 Å². The highest BCUT2D eigenvalue weighted by Crippen LogP contribution is 2.40. The van der Waals surface area contributed by atoms with Crippen LogP contribution >= 0.6 is 0 Å². The normalized spacial score (nSPS) is 30.6. The number of carbonyl (C=O) groups is 1. The van der Waals surface area contributed by atoms with Gasteiger partial charge in [0.15, 0.2) is 0 Å². The van der Waals surface area contributed by atoms with Crippen LogP contribution in [0.1, 0.15) is 43.4 Å². The number of rotatable bonds is 3. The molecular formula is C19H22F6N2O2. The predicted octanol–water partition coefficient (Wildman–Crippen LogP) is 3.97. The van der Waals surface area contributed by atoms with Gasteiger partial charge in [-0.1, -0.05) is 6.92 Å². The molecule has 2 aliphatic rings. The third-order valence-electron chi connectivity index (χ3n) is 5.78. The second kappa shape index (κ2) is 7.16. The van der Waals surface area contributed by atoms with Gasteiger partial charge in [0.2, 0.25) is 5.91 Å².